The Hall–Kier alpha value is -2.39. The Kier molecular flexibility index (Phi) is 4.78. The maximum absolute atomic E-state index is 12.7. The van der Waals surface area contributed by atoms with Gasteiger partial charge in [-0.3, -0.25) is 4.79 Å². The Bertz CT molecular complexity index is 806. The van der Waals surface area contributed by atoms with E-state index < -0.39 is 0 Å². The van der Waals surface area contributed by atoms with Gasteiger partial charge >= 0.3 is 0 Å². The molecular formula is C16H16N2O3S. The molecule has 1 heterocycles. The Morgan fingerprint density at radius 2 is 2.23 bits per heavy atom. The lowest BCUT2D eigenvalue weighted by Gasteiger charge is -2.14. The number of aromatic hydroxyl groups is 1. The second kappa shape index (κ2) is 6.58. The lowest BCUT2D eigenvalue weighted by atomic mass is 9.98. The van der Waals surface area contributed by atoms with Gasteiger partial charge in [0, 0.05) is 12.9 Å². The van der Waals surface area contributed by atoms with Crippen LogP contribution in [0.5, 0.6) is 11.5 Å². The number of hydrogen-bond acceptors (Lipinski definition) is 5. The summed E-state index contributed by atoms with van der Waals surface area (Å²) < 4.78 is 6.29. The summed E-state index contributed by atoms with van der Waals surface area (Å²) in [4.78, 5) is 12.7. The molecule has 0 saturated carbocycles. The smallest absolute Gasteiger partial charge is 0.279 e. The van der Waals surface area contributed by atoms with Crippen LogP contribution in [0.15, 0.2) is 23.0 Å². The zero-order valence-electron chi connectivity index (χ0n) is 12.3. The van der Waals surface area contributed by atoms with Gasteiger partial charge in [0.2, 0.25) is 0 Å². The summed E-state index contributed by atoms with van der Waals surface area (Å²) in [5.74, 6) is 2.84. The average Bonchev–Trinajstić information content (AvgIpc) is 2.50. The van der Waals surface area contributed by atoms with Gasteiger partial charge in [-0.25, -0.2) is 4.68 Å². The summed E-state index contributed by atoms with van der Waals surface area (Å²) in [5, 5.41) is 13.8. The molecule has 0 aliphatic carbocycles. The summed E-state index contributed by atoms with van der Waals surface area (Å²) in [5.41, 5.74) is 1.99. The molecule has 0 unspecified atom stereocenters. The first-order chi connectivity index (χ1) is 10.5. The van der Waals surface area contributed by atoms with Crippen molar-refractivity contribution >= 4 is 12.9 Å². The largest absolute Gasteiger partial charge is 0.508 e. The van der Waals surface area contributed by atoms with E-state index in [9.17, 15) is 9.90 Å². The summed E-state index contributed by atoms with van der Waals surface area (Å²) in [6.07, 6.45) is 5.93. The van der Waals surface area contributed by atoms with Crippen molar-refractivity contribution in [1.82, 2.24) is 9.78 Å². The van der Waals surface area contributed by atoms with Gasteiger partial charge in [0.1, 0.15) is 18.0 Å². The molecule has 6 heteroatoms. The van der Waals surface area contributed by atoms with Gasteiger partial charge < -0.3 is 9.29 Å². The molecule has 0 saturated heterocycles. The summed E-state index contributed by atoms with van der Waals surface area (Å²) >= 11 is 3.84. The molecule has 0 amide bonds. The lowest BCUT2D eigenvalue weighted by molar-refractivity contribution is 0.474. The van der Waals surface area contributed by atoms with E-state index in [1.165, 1.54) is 10.7 Å². The maximum atomic E-state index is 12.7. The molecule has 0 aliphatic rings. The van der Waals surface area contributed by atoms with E-state index in [-0.39, 0.29) is 17.9 Å². The van der Waals surface area contributed by atoms with Crippen molar-refractivity contribution in [3.63, 3.8) is 0 Å². The normalized spacial score (nSPS) is 10.3. The second-order valence-corrected chi connectivity index (χ2v) is 4.93. The first-order valence-corrected chi connectivity index (χ1v) is 7.08. The zero-order valence-corrected chi connectivity index (χ0v) is 13.2. The van der Waals surface area contributed by atoms with E-state index in [2.05, 4.69) is 23.9 Å². The molecule has 0 spiro atoms. The molecule has 5 nitrogen and oxygen atoms in total. The molecule has 1 N–H and O–H groups in total. The van der Waals surface area contributed by atoms with E-state index in [4.69, 9.17) is 10.6 Å². The topological polar surface area (TPSA) is 64.3 Å². The van der Waals surface area contributed by atoms with Gasteiger partial charge in [-0.1, -0.05) is 18.9 Å². The predicted molar refractivity (Wildman–Crippen MR) is 88.2 cm³/mol. The third kappa shape index (κ3) is 2.81. The minimum atomic E-state index is -0.354. The third-order valence-electron chi connectivity index (χ3n) is 3.35. The first-order valence-electron chi connectivity index (χ1n) is 6.72. The fourth-order valence-electron chi connectivity index (χ4n) is 2.34. The van der Waals surface area contributed by atoms with E-state index in [0.29, 0.717) is 29.0 Å². The maximum Gasteiger partial charge on any atom is 0.279 e. The molecule has 1 aromatic heterocycles. The first kappa shape index (κ1) is 16.0. The third-order valence-corrected chi connectivity index (χ3v) is 3.53. The van der Waals surface area contributed by atoms with E-state index in [1.807, 2.05) is 6.92 Å². The van der Waals surface area contributed by atoms with Crippen LogP contribution in [0.25, 0.3) is 11.1 Å². The van der Waals surface area contributed by atoms with Crippen LogP contribution in [0.4, 0.5) is 0 Å². The number of thiol groups is 1. The van der Waals surface area contributed by atoms with Crippen molar-refractivity contribution < 1.29 is 9.29 Å². The summed E-state index contributed by atoms with van der Waals surface area (Å²) in [7, 11) is 0. The average molecular weight is 316 g/mol. The number of terminal acetylenes is 1. The number of aryl methyl sites for hydroxylation is 2. The van der Waals surface area contributed by atoms with Crippen LogP contribution >= 0.6 is 12.9 Å². The highest BCUT2D eigenvalue weighted by Gasteiger charge is 2.20. The van der Waals surface area contributed by atoms with Gasteiger partial charge in [0.15, 0.2) is 5.75 Å². The highest BCUT2D eigenvalue weighted by Crippen LogP contribution is 2.33. The van der Waals surface area contributed by atoms with Crippen LogP contribution in [-0.2, 0) is 13.0 Å². The highest BCUT2D eigenvalue weighted by atomic mass is 32.1. The number of phenols is 1. The Balaban J connectivity index is 2.85. The van der Waals surface area contributed by atoms with Crippen molar-refractivity contribution in [2.75, 3.05) is 0 Å². The van der Waals surface area contributed by atoms with E-state index in [1.54, 1.807) is 19.1 Å². The van der Waals surface area contributed by atoms with Gasteiger partial charge in [0.25, 0.3) is 5.56 Å². The van der Waals surface area contributed by atoms with E-state index in [0.717, 1.165) is 5.56 Å². The molecule has 1 aromatic carbocycles. The second-order valence-electron chi connectivity index (χ2n) is 4.74. The van der Waals surface area contributed by atoms with Gasteiger partial charge in [-0.2, -0.15) is 5.10 Å². The molecule has 2 rings (SSSR count). The van der Waals surface area contributed by atoms with Gasteiger partial charge in [0.05, 0.1) is 5.56 Å². The molecule has 0 atom stereocenters. The molecule has 114 valence electrons. The monoisotopic (exact) mass is 316 g/mol. The van der Waals surface area contributed by atoms with Crippen LogP contribution < -0.4 is 9.74 Å². The van der Waals surface area contributed by atoms with Crippen molar-refractivity contribution in [2.45, 2.75) is 26.8 Å². The van der Waals surface area contributed by atoms with Gasteiger partial charge in [-0.15, -0.1) is 6.42 Å². The van der Waals surface area contributed by atoms with Crippen molar-refractivity contribution in [1.29, 1.82) is 0 Å². The minimum absolute atomic E-state index is 0.0685. The zero-order chi connectivity index (χ0) is 16.3. The molecular weight excluding hydrogens is 300 g/mol. The van der Waals surface area contributed by atoms with Crippen LogP contribution in [0.2, 0.25) is 0 Å². The number of benzene rings is 1. The summed E-state index contributed by atoms with van der Waals surface area (Å²) in [6, 6.07) is 4.83. The Morgan fingerprint density at radius 1 is 1.50 bits per heavy atom. The van der Waals surface area contributed by atoms with E-state index >= 15 is 0 Å². The highest BCUT2D eigenvalue weighted by molar-refractivity contribution is 7.75. The van der Waals surface area contributed by atoms with Crippen molar-refractivity contribution in [2.24, 2.45) is 0 Å². The quantitative estimate of drug-likeness (QED) is 0.516. The lowest BCUT2D eigenvalue weighted by Crippen LogP contribution is -2.26. The molecule has 0 bridgehead atoms. The summed E-state index contributed by atoms with van der Waals surface area (Å²) in [6.45, 7) is 3.72. The molecule has 0 aliphatic heterocycles. The van der Waals surface area contributed by atoms with Crippen molar-refractivity contribution in [3.05, 3.63) is 39.8 Å². The Labute approximate surface area is 134 Å². The number of phenolic OH excluding ortho intramolecular Hbond substituents is 1. The molecule has 0 radical (unpaired) electrons. The number of aromatic nitrogens is 2. The van der Waals surface area contributed by atoms with Gasteiger partial charge in [-0.05, 0) is 36.6 Å². The minimum Gasteiger partial charge on any atom is -0.508 e. The fraction of sp³-hybridized carbons (Fsp3) is 0.250. The van der Waals surface area contributed by atoms with Crippen molar-refractivity contribution in [3.8, 4) is 35.0 Å². The number of nitrogens with zero attached hydrogens (tertiary/aromatic N) is 2. The number of hydrogen-bond donors (Lipinski definition) is 2. The number of rotatable bonds is 4. The molecule has 22 heavy (non-hydrogen) atoms. The SMILES string of the molecule is C#CCn1nc(C)c(OS)c(-c2ccc(O)cc2CC)c1=O. The van der Waals surface area contributed by atoms with Crippen LogP contribution in [0.1, 0.15) is 18.2 Å². The van der Waals surface area contributed by atoms with Crippen LogP contribution in [-0.4, -0.2) is 14.9 Å². The van der Waals surface area contributed by atoms with Crippen LogP contribution in [0.3, 0.4) is 0 Å². The predicted octanol–water partition coefficient (Wildman–Crippen LogP) is 2.34. The molecule has 2 aromatic rings. The van der Waals surface area contributed by atoms with Crippen LogP contribution in [0, 0.1) is 19.3 Å². The standard InChI is InChI=1S/C16H16N2O3S/c1-4-8-18-16(20)14(15(21-22)10(3)17-18)13-7-6-12(19)9-11(13)5-2/h1,6-7,9,19,22H,5,8H2,2-3H3. The fourth-order valence-corrected chi connectivity index (χ4v) is 2.56. The Morgan fingerprint density at radius 3 is 2.82 bits per heavy atom. The molecule has 0 fully saturated rings.